The zero-order valence-electron chi connectivity index (χ0n) is 11.9. The number of imide groups is 1. The highest BCUT2D eigenvalue weighted by atomic mass is 16.4. The minimum atomic E-state index is -1.20. The van der Waals surface area contributed by atoms with Crippen molar-refractivity contribution in [3.05, 3.63) is 24.3 Å². The average molecular weight is 282 g/mol. The highest BCUT2D eigenvalue weighted by Crippen LogP contribution is 2.12. The van der Waals surface area contributed by atoms with Crippen LogP contribution in [0.4, 0.5) is 0 Å². The summed E-state index contributed by atoms with van der Waals surface area (Å²) in [6.45, 7) is 3.69. The molecule has 0 saturated carbocycles. The molecule has 3 N–H and O–H groups in total. The largest absolute Gasteiger partial charge is 0.480 e. The Kier molecular flexibility index (Phi) is 8.95. The van der Waals surface area contributed by atoms with Gasteiger partial charge >= 0.3 is 5.97 Å². The van der Waals surface area contributed by atoms with E-state index in [0.29, 0.717) is 19.4 Å². The fourth-order valence-corrected chi connectivity index (χ4v) is 1.71. The van der Waals surface area contributed by atoms with Crippen LogP contribution in [0.15, 0.2) is 24.3 Å². The molecule has 1 unspecified atom stereocenters. The Morgan fingerprint density at radius 2 is 1.60 bits per heavy atom. The highest BCUT2D eigenvalue weighted by Gasteiger charge is 2.31. The van der Waals surface area contributed by atoms with E-state index >= 15 is 0 Å². The molecule has 0 fully saturated rings. The maximum Gasteiger partial charge on any atom is 0.326 e. The minimum absolute atomic E-state index is 0.194. The van der Waals surface area contributed by atoms with Gasteiger partial charge in [-0.05, 0) is 51.8 Å². The van der Waals surface area contributed by atoms with Crippen LogP contribution in [-0.2, 0) is 14.4 Å². The number of nitrogens with zero attached hydrogens (tertiary/aromatic N) is 1. The van der Waals surface area contributed by atoms with E-state index in [1.807, 2.05) is 0 Å². The quantitative estimate of drug-likeness (QED) is 0.512. The smallest absolute Gasteiger partial charge is 0.326 e. The predicted molar refractivity (Wildman–Crippen MR) is 75.8 cm³/mol. The van der Waals surface area contributed by atoms with Gasteiger partial charge in [-0.15, -0.1) is 0 Å². The summed E-state index contributed by atoms with van der Waals surface area (Å²) in [6, 6.07) is -1.17. The molecule has 6 nitrogen and oxygen atoms in total. The van der Waals surface area contributed by atoms with Crippen molar-refractivity contribution in [2.24, 2.45) is 5.73 Å². The number of hydrogen-bond donors (Lipinski definition) is 2. The molecule has 0 aliphatic carbocycles. The lowest BCUT2D eigenvalue weighted by Gasteiger charge is -2.25. The third-order valence-electron chi connectivity index (χ3n) is 2.62. The average Bonchev–Trinajstić information content (AvgIpc) is 2.38. The number of nitrogens with two attached hydrogens (primary N) is 1. The first-order valence-corrected chi connectivity index (χ1v) is 6.55. The minimum Gasteiger partial charge on any atom is -0.480 e. The Balaban J connectivity index is 5.24. The first-order chi connectivity index (χ1) is 9.49. The Labute approximate surface area is 118 Å². The number of hydrogen-bond acceptors (Lipinski definition) is 4. The Hall–Kier alpha value is -1.95. The Morgan fingerprint density at radius 1 is 1.10 bits per heavy atom. The summed E-state index contributed by atoms with van der Waals surface area (Å²) in [6.07, 6.45) is 6.68. The first kappa shape index (κ1) is 18.0. The maximum atomic E-state index is 11.9. The van der Waals surface area contributed by atoms with Gasteiger partial charge in [0.05, 0.1) is 0 Å². The van der Waals surface area contributed by atoms with Gasteiger partial charge in [-0.3, -0.25) is 14.5 Å². The van der Waals surface area contributed by atoms with Crippen molar-refractivity contribution < 1.29 is 19.5 Å². The molecular formula is C14H22N2O4. The maximum absolute atomic E-state index is 11.9. The van der Waals surface area contributed by atoms with E-state index in [1.165, 1.54) is 24.3 Å². The summed E-state index contributed by atoms with van der Waals surface area (Å²) in [5, 5.41) is 9.25. The summed E-state index contributed by atoms with van der Waals surface area (Å²) in [7, 11) is 0. The molecule has 0 rings (SSSR count). The van der Waals surface area contributed by atoms with E-state index in [-0.39, 0.29) is 6.42 Å². The lowest BCUT2D eigenvalue weighted by Crippen LogP contribution is -2.47. The highest BCUT2D eigenvalue weighted by molar-refractivity contribution is 6.07. The molecule has 20 heavy (non-hydrogen) atoms. The zero-order valence-corrected chi connectivity index (χ0v) is 11.9. The molecule has 0 aliphatic heterocycles. The predicted octanol–water partition coefficient (Wildman–Crippen LogP) is 1.08. The SMILES string of the molecule is C/C=C/C(=O)N(C(=O)/C=C/C)C(CCCCN)C(=O)O. The summed E-state index contributed by atoms with van der Waals surface area (Å²) in [4.78, 5) is 36.0. The van der Waals surface area contributed by atoms with E-state index in [0.717, 1.165) is 4.90 Å². The van der Waals surface area contributed by atoms with Crippen molar-refractivity contribution in [2.75, 3.05) is 6.54 Å². The topological polar surface area (TPSA) is 101 Å². The lowest BCUT2D eigenvalue weighted by atomic mass is 10.1. The third-order valence-corrected chi connectivity index (χ3v) is 2.62. The second kappa shape index (κ2) is 9.91. The Morgan fingerprint density at radius 3 is 1.95 bits per heavy atom. The second-order valence-corrected chi connectivity index (χ2v) is 4.18. The molecule has 0 aromatic heterocycles. The van der Waals surface area contributed by atoms with Crippen LogP contribution in [0.1, 0.15) is 33.1 Å². The second-order valence-electron chi connectivity index (χ2n) is 4.18. The van der Waals surface area contributed by atoms with Crippen LogP contribution in [0.2, 0.25) is 0 Å². The molecule has 0 saturated heterocycles. The zero-order chi connectivity index (χ0) is 15.5. The molecule has 0 heterocycles. The van der Waals surface area contributed by atoms with Crippen molar-refractivity contribution in [2.45, 2.75) is 39.2 Å². The standard InChI is InChI=1S/C14H22N2O4/c1-3-7-12(17)16(13(18)8-4-2)11(14(19)20)9-5-6-10-15/h3-4,7-8,11H,5-6,9-10,15H2,1-2H3,(H,19,20)/b7-3+,8-4+. The van der Waals surface area contributed by atoms with E-state index in [4.69, 9.17) is 5.73 Å². The van der Waals surface area contributed by atoms with Crippen LogP contribution in [0.3, 0.4) is 0 Å². The van der Waals surface area contributed by atoms with Crippen LogP contribution in [-0.4, -0.2) is 40.4 Å². The summed E-state index contributed by atoms with van der Waals surface area (Å²) in [5.41, 5.74) is 5.36. The Bertz CT molecular complexity index is 378. The number of carboxylic acids is 1. The molecule has 2 amide bonds. The van der Waals surface area contributed by atoms with Crippen LogP contribution in [0.25, 0.3) is 0 Å². The molecule has 1 atom stereocenters. The molecule has 0 radical (unpaired) electrons. The lowest BCUT2D eigenvalue weighted by molar-refractivity contribution is -0.154. The van der Waals surface area contributed by atoms with Crippen LogP contribution in [0, 0.1) is 0 Å². The number of amides is 2. The van der Waals surface area contributed by atoms with Gasteiger partial charge in [0.1, 0.15) is 6.04 Å². The molecule has 0 aromatic carbocycles. The van der Waals surface area contributed by atoms with Gasteiger partial charge < -0.3 is 10.8 Å². The van der Waals surface area contributed by atoms with Crippen LogP contribution in [0.5, 0.6) is 0 Å². The number of aliphatic carboxylic acids is 1. The summed E-state index contributed by atoms with van der Waals surface area (Å²) < 4.78 is 0. The normalized spacial score (nSPS) is 12.8. The van der Waals surface area contributed by atoms with Gasteiger partial charge in [-0.25, -0.2) is 4.79 Å². The fourth-order valence-electron chi connectivity index (χ4n) is 1.71. The molecule has 0 spiro atoms. The van der Waals surface area contributed by atoms with Crippen LogP contribution < -0.4 is 5.73 Å². The number of carbonyl (C=O) groups excluding carboxylic acids is 2. The number of unbranched alkanes of at least 4 members (excludes halogenated alkanes) is 1. The fraction of sp³-hybridized carbons (Fsp3) is 0.500. The van der Waals surface area contributed by atoms with Gasteiger partial charge in [-0.1, -0.05) is 12.2 Å². The monoisotopic (exact) mass is 282 g/mol. The van der Waals surface area contributed by atoms with Gasteiger partial charge in [-0.2, -0.15) is 0 Å². The number of rotatable bonds is 8. The van der Waals surface area contributed by atoms with E-state index in [9.17, 15) is 19.5 Å². The molecule has 0 aliphatic rings. The molecule has 0 bridgehead atoms. The van der Waals surface area contributed by atoms with Gasteiger partial charge in [0.2, 0.25) is 0 Å². The van der Waals surface area contributed by atoms with E-state index in [2.05, 4.69) is 0 Å². The summed E-state index contributed by atoms with van der Waals surface area (Å²) >= 11 is 0. The van der Waals surface area contributed by atoms with Gasteiger partial charge in [0.15, 0.2) is 0 Å². The van der Waals surface area contributed by atoms with Crippen molar-refractivity contribution in [1.29, 1.82) is 0 Å². The first-order valence-electron chi connectivity index (χ1n) is 6.55. The van der Waals surface area contributed by atoms with Crippen LogP contribution >= 0.6 is 0 Å². The van der Waals surface area contributed by atoms with E-state index < -0.39 is 23.8 Å². The number of carbonyl (C=O) groups is 3. The number of carboxylic acid groups (broad SMARTS) is 1. The van der Waals surface area contributed by atoms with Crippen molar-refractivity contribution in [3.63, 3.8) is 0 Å². The van der Waals surface area contributed by atoms with Crippen molar-refractivity contribution >= 4 is 17.8 Å². The molecule has 112 valence electrons. The molecule has 6 heteroatoms. The van der Waals surface area contributed by atoms with Gasteiger partial charge in [0.25, 0.3) is 11.8 Å². The van der Waals surface area contributed by atoms with Gasteiger partial charge in [0, 0.05) is 0 Å². The third kappa shape index (κ3) is 5.79. The molecular weight excluding hydrogens is 260 g/mol. The molecule has 0 aromatic rings. The number of allylic oxidation sites excluding steroid dienone is 2. The van der Waals surface area contributed by atoms with Crippen molar-refractivity contribution in [1.82, 2.24) is 4.90 Å². The summed E-state index contributed by atoms with van der Waals surface area (Å²) in [5.74, 6) is -2.45. The van der Waals surface area contributed by atoms with E-state index in [1.54, 1.807) is 13.8 Å². The van der Waals surface area contributed by atoms with Crippen molar-refractivity contribution in [3.8, 4) is 0 Å².